The maximum Gasteiger partial charge on any atom is 0.310 e. The van der Waals surface area contributed by atoms with Gasteiger partial charge in [-0.2, -0.15) is 0 Å². The number of rotatable bonds is 6. The summed E-state index contributed by atoms with van der Waals surface area (Å²) in [5.74, 6) is -1.80. The molecule has 0 aliphatic carbocycles. The number of hydrogen-bond acceptors (Lipinski definition) is 4. The van der Waals surface area contributed by atoms with E-state index in [1.807, 2.05) is 95.7 Å². The van der Waals surface area contributed by atoms with Gasteiger partial charge in [-0.1, -0.05) is 54.6 Å². The molecule has 188 valence electrons. The molecule has 2 aromatic heterocycles. The lowest BCUT2D eigenvalue weighted by molar-refractivity contribution is -0.139. The lowest BCUT2D eigenvalue weighted by Crippen LogP contribution is -2.06. The zero-order valence-corrected chi connectivity index (χ0v) is 20.8. The number of aliphatic carboxylic acids is 2. The van der Waals surface area contributed by atoms with Gasteiger partial charge in [0.15, 0.2) is 0 Å². The quantitative estimate of drug-likeness (QED) is 0.289. The first kappa shape index (κ1) is 25.4. The molecule has 0 amide bonds. The number of aromatic nitrogens is 2. The molecule has 2 heterocycles. The maximum atomic E-state index is 11.0. The Morgan fingerprint density at radius 1 is 0.811 bits per heavy atom. The lowest BCUT2D eigenvalue weighted by atomic mass is 9.98. The molecule has 5 rings (SSSR count). The van der Waals surface area contributed by atoms with E-state index in [-0.39, 0.29) is 0 Å². The van der Waals surface area contributed by atoms with Crippen molar-refractivity contribution < 1.29 is 24.5 Å². The van der Waals surface area contributed by atoms with Crippen molar-refractivity contribution in [3.63, 3.8) is 0 Å². The third-order valence-corrected chi connectivity index (χ3v) is 6.38. The number of fused-ring (bicyclic) bond motifs is 2. The predicted octanol–water partition coefficient (Wildman–Crippen LogP) is 6.23. The minimum atomic E-state index is -0.814. The molecule has 5 aromatic rings. The van der Waals surface area contributed by atoms with Gasteiger partial charge in [-0.3, -0.25) is 9.59 Å². The summed E-state index contributed by atoms with van der Waals surface area (Å²) in [6.45, 7) is 3.37. The topological polar surface area (TPSA) is 101 Å². The van der Waals surface area contributed by atoms with Gasteiger partial charge in [0.05, 0.1) is 24.6 Å². The SMILES string of the molecule is CC(C(=O)O)c1ccc(-c2cn3ccccc3n2)cc1.COc1ccc2cc([C@H](C)C(=O)O)ccc2c1. The number of nitrogens with zero attached hydrogens (tertiary/aromatic N) is 2. The number of pyridine rings is 1. The monoisotopic (exact) mass is 496 g/mol. The predicted molar refractivity (Wildman–Crippen MR) is 143 cm³/mol. The number of methoxy groups -OCH3 is 1. The molecule has 0 saturated carbocycles. The summed E-state index contributed by atoms with van der Waals surface area (Å²) >= 11 is 0. The maximum absolute atomic E-state index is 11.0. The van der Waals surface area contributed by atoms with Crippen molar-refractivity contribution in [2.75, 3.05) is 7.11 Å². The highest BCUT2D eigenvalue weighted by Crippen LogP contribution is 2.25. The standard InChI is InChI=1S/C16H14N2O2.C14H14O3/c1-11(16(19)20)12-5-7-13(8-6-12)14-10-18-9-3-2-4-15(18)17-14;1-9(14(15)16)10-3-4-12-8-13(17-2)6-5-11(12)7-10/h2-11H,1H3,(H,19,20);3-9H,1-2H3,(H,15,16)/t;9-/m.0/s1. The summed E-state index contributed by atoms with van der Waals surface area (Å²) in [4.78, 5) is 26.4. The Morgan fingerprint density at radius 2 is 1.43 bits per heavy atom. The summed E-state index contributed by atoms with van der Waals surface area (Å²) in [5, 5.41) is 20.0. The van der Waals surface area contributed by atoms with Crippen LogP contribution < -0.4 is 4.74 Å². The molecule has 0 spiro atoms. The van der Waals surface area contributed by atoms with Crippen LogP contribution in [0.1, 0.15) is 36.8 Å². The van der Waals surface area contributed by atoms with E-state index in [9.17, 15) is 9.59 Å². The molecule has 2 atom stereocenters. The van der Waals surface area contributed by atoms with Crippen LogP contribution in [0.5, 0.6) is 5.75 Å². The van der Waals surface area contributed by atoms with Crippen molar-refractivity contribution in [3.8, 4) is 17.0 Å². The number of carbonyl (C=O) groups is 2. The van der Waals surface area contributed by atoms with Gasteiger partial charge in [-0.15, -0.1) is 0 Å². The van der Waals surface area contributed by atoms with Crippen molar-refractivity contribution in [1.29, 1.82) is 0 Å². The molecule has 0 aliphatic rings. The zero-order chi connectivity index (χ0) is 26.5. The van der Waals surface area contributed by atoms with Gasteiger partial charge < -0.3 is 19.4 Å². The summed E-state index contributed by atoms with van der Waals surface area (Å²) in [6.07, 6.45) is 3.91. The molecule has 1 unspecified atom stereocenters. The second-order valence-corrected chi connectivity index (χ2v) is 8.81. The first-order chi connectivity index (χ1) is 17.8. The van der Waals surface area contributed by atoms with Crippen molar-refractivity contribution >= 4 is 28.4 Å². The Kier molecular flexibility index (Phi) is 7.53. The fraction of sp³-hybridized carbons (Fsp3) is 0.167. The lowest BCUT2D eigenvalue weighted by Gasteiger charge is -2.08. The van der Waals surface area contributed by atoms with Crippen molar-refractivity contribution in [1.82, 2.24) is 9.38 Å². The molecular formula is C30H28N2O5. The molecule has 37 heavy (non-hydrogen) atoms. The van der Waals surface area contributed by atoms with E-state index < -0.39 is 23.8 Å². The van der Waals surface area contributed by atoms with E-state index in [4.69, 9.17) is 14.9 Å². The Balaban J connectivity index is 0.000000176. The Morgan fingerprint density at radius 3 is 2.08 bits per heavy atom. The molecule has 7 nitrogen and oxygen atoms in total. The average Bonchev–Trinajstić information content (AvgIpc) is 3.36. The Bertz CT molecular complexity index is 1520. The summed E-state index contributed by atoms with van der Waals surface area (Å²) < 4.78 is 7.11. The number of imidazole rings is 1. The fourth-order valence-electron chi connectivity index (χ4n) is 3.94. The second-order valence-electron chi connectivity index (χ2n) is 8.81. The van der Waals surface area contributed by atoms with Gasteiger partial charge in [0.2, 0.25) is 0 Å². The van der Waals surface area contributed by atoms with Crippen LogP contribution >= 0.6 is 0 Å². The van der Waals surface area contributed by atoms with Crippen molar-refractivity contribution in [2.24, 2.45) is 0 Å². The van der Waals surface area contributed by atoms with Gasteiger partial charge in [-0.25, -0.2) is 4.98 Å². The average molecular weight is 497 g/mol. The summed E-state index contributed by atoms with van der Waals surface area (Å²) in [6, 6.07) is 24.8. The first-order valence-electron chi connectivity index (χ1n) is 11.8. The van der Waals surface area contributed by atoms with E-state index in [2.05, 4.69) is 4.98 Å². The summed E-state index contributed by atoms with van der Waals surface area (Å²) in [7, 11) is 1.63. The van der Waals surface area contributed by atoms with E-state index >= 15 is 0 Å². The molecule has 0 aliphatic heterocycles. The van der Waals surface area contributed by atoms with Crippen LogP contribution in [-0.2, 0) is 9.59 Å². The highest BCUT2D eigenvalue weighted by atomic mass is 16.5. The third-order valence-electron chi connectivity index (χ3n) is 6.38. The normalized spacial score (nSPS) is 12.4. The highest BCUT2D eigenvalue weighted by molar-refractivity contribution is 5.86. The molecule has 0 bridgehead atoms. The van der Waals surface area contributed by atoms with E-state index in [0.717, 1.165) is 44.6 Å². The number of hydrogen-bond donors (Lipinski definition) is 2. The molecule has 2 N–H and O–H groups in total. The molecule has 3 aromatic carbocycles. The Labute approximate surface area is 214 Å². The smallest absolute Gasteiger partial charge is 0.310 e. The first-order valence-corrected chi connectivity index (χ1v) is 11.8. The van der Waals surface area contributed by atoms with E-state index in [0.29, 0.717) is 0 Å². The van der Waals surface area contributed by atoms with Gasteiger partial charge in [0.25, 0.3) is 0 Å². The minimum absolute atomic E-state index is 0.485. The van der Waals surface area contributed by atoms with Crippen LogP contribution in [0.3, 0.4) is 0 Å². The van der Waals surface area contributed by atoms with Crippen LogP contribution in [0.25, 0.3) is 27.7 Å². The largest absolute Gasteiger partial charge is 0.497 e. The highest BCUT2D eigenvalue weighted by Gasteiger charge is 2.14. The zero-order valence-electron chi connectivity index (χ0n) is 20.8. The molecule has 0 radical (unpaired) electrons. The van der Waals surface area contributed by atoms with Gasteiger partial charge in [-0.05, 0) is 60.0 Å². The van der Waals surface area contributed by atoms with E-state index in [1.54, 1.807) is 21.0 Å². The van der Waals surface area contributed by atoms with Crippen molar-refractivity contribution in [3.05, 3.63) is 102 Å². The number of carboxylic acid groups (broad SMARTS) is 2. The minimum Gasteiger partial charge on any atom is -0.497 e. The molecule has 7 heteroatoms. The van der Waals surface area contributed by atoms with Crippen molar-refractivity contribution in [2.45, 2.75) is 25.7 Å². The van der Waals surface area contributed by atoms with Crippen LogP contribution in [0, 0.1) is 0 Å². The van der Waals surface area contributed by atoms with Crippen LogP contribution in [0.2, 0.25) is 0 Å². The molecular weight excluding hydrogens is 468 g/mol. The van der Waals surface area contributed by atoms with Gasteiger partial charge in [0.1, 0.15) is 11.4 Å². The third kappa shape index (κ3) is 5.78. The summed E-state index contributed by atoms with van der Waals surface area (Å²) in [5.41, 5.74) is 4.37. The van der Waals surface area contributed by atoms with Crippen LogP contribution in [0.4, 0.5) is 0 Å². The fourth-order valence-corrected chi connectivity index (χ4v) is 3.94. The molecule has 0 saturated heterocycles. The van der Waals surface area contributed by atoms with Crippen LogP contribution in [-0.4, -0.2) is 38.6 Å². The second kappa shape index (κ2) is 11.0. The number of carboxylic acids is 2. The van der Waals surface area contributed by atoms with Gasteiger partial charge in [0, 0.05) is 18.0 Å². The van der Waals surface area contributed by atoms with E-state index in [1.165, 1.54) is 0 Å². The Hall–Kier alpha value is -4.65. The number of benzene rings is 3. The molecule has 0 fully saturated rings. The van der Waals surface area contributed by atoms with Crippen LogP contribution in [0.15, 0.2) is 91.3 Å². The number of ether oxygens (including phenoxy) is 1. The van der Waals surface area contributed by atoms with Gasteiger partial charge >= 0.3 is 11.9 Å².